The van der Waals surface area contributed by atoms with Crippen molar-refractivity contribution in [3.63, 3.8) is 0 Å². The highest BCUT2D eigenvalue weighted by molar-refractivity contribution is 7.99. The highest BCUT2D eigenvalue weighted by Gasteiger charge is 2.29. The molecule has 0 atom stereocenters. The highest BCUT2D eigenvalue weighted by Crippen LogP contribution is 2.33. The van der Waals surface area contributed by atoms with E-state index >= 15 is 0 Å². The van der Waals surface area contributed by atoms with E-state index in [0.717, 1.165) is 69.1 Å². The molecule has 1 amide bonds. The van der Waals surface area contributed by atoms with E-state index in [2.05, 4.69) is 19.8 Å². The lowest BCUT2D eigenvalue weighted by Gasteiger charge is -2.33. The summed E-state index contributed by atoms with van der Waals surface area (Å²) >= 11 is 1.87. The second kappa shape index (κ2) is 9.18. The monoisotopic (exact) mass is 402 g/mol. The maximum atomic E-state index is 12.7. The normalized spacial score (nSPS) is 24.3. The van der Waals surface area contributed by atoms with E-state index in [0.29, 0.717) is 11.3 Å². The van der Waals surface area contributed by atoms with Crippen LogP contribution in [0.5, 0.6) is 0 Å². The molecule has 0 spiro atoms. The third-order valence-electron chi connectivity index (χ3n) is 5.99. The Labute approximate surface area is 171 Å². The Balaban J connectivity index is 1.16. The molecule has 0 radical (unpaired) electrons. The van der Waals surface area contributed by atoms with Crippen LogP contribution in [0.3, 0.4) is 0 Å². The second-order valence-electron chi connectivity index (χ2n) is 8.05. The number of carbonyl (C=O) groups excluding carboxylic acids is 1. The van der Waals surface area contributed by atoms with Gasteiger partial charge >= 0.3 is 0 Å². The first-order valence-corrected chi connectivity index (χ1v) is 11.2. The zero-order chi connectivity index (χ0) is 19.3. The van der Waals surface area contributed by atoms with E-state index in [9.17, 15) is 4.79 Å². The number of rotatable bonds is 6. The summed E-state index contributed by atoms with van der Waals surface area (Å²) in [5.41, 5.74) is 0. The predicted molar refractivity (Wildman–Crippen MR) is 110 cm³/mol. The first kappa shape index (κ1) is 19.6. The van der Waals surface area contributed by atoms with Crippen LogP contribution in [0, 0.1) is 5.92 Å². The zero-order valence-corrected chi connectivity index (χ0v) is 17.4. The van der Waals surface area contributed by atoms with E-state index in [1.54, 1.807) is 6.26 Å². The van der Waals surface area contributed by atoms with Gasteiger partial charge < -0.3 is 14.3 Å². The van der Waals surface area contributed by atoms with E-state index in [1.807, 2.05) is 43.3 Å². The molecule has 28 heavy (non-hydrogen) atoms. The van der Waals surface area contributed by atoms with Crippen LogP contribution in [0.15, 0.2) is 40.4 Å². The standard InChI is InChI=1S/C21H30N4O2S/c1-24-13-10-22-21(24)28-19-6-4-17(5-7-19)23-20(26)16-8-11-25(12-9-16)15-18-3-2-14-27-18/h2-3,10,13-14,16-17,19H,4-9,11-12,15H2,1H3,(H,23,26). The molecular formula is C21H30N4O2S. The maximum absolute atomic E-state index is 12.7. The SMILES string of the molecule is Cn1ccnc1SC1CCC(NC(=O)C2CCN(Cc3ccco3)CC2)CC1. The smallest absolute Gasteiger partial charge is 0.223 e. The van der Waals surface area contributed by atoms with Crippen LogP contribution < -0.4 is 5.32 Å². The number of imidazole rings is 1. The number of thioether (sulfide) groups is 1. The number of piperidine rings is 1. The van der Waals surface area contributed by atoms with Gasteiger partial charge in [0.2, 0.25) is 5.91 Å². The first-order valence-electron chi connectivity index (χ1n) is 10.4. The molecule has 2 aromatic rings. The van der Waals surface area contributed by atoms with Crippen molar-refractivity contribution in [2.45, 2.75) is 61.5 Å². The molecule has 0 aromatic carbocycles. The van der Waals surface area contributed by atoms with Crippen LogP contribution in [0.1, 0.15) is 44.3 Å². The maximum Gasteiger partial charge on any atom is 0.223 e. The van der Waals surface area contributed by atoms with Crippen LogP contribution >= 0.6 is 11.8 Å². The number of nitrogens with one attached hydrogen (secondary N) is 1. The van der Waals surface area contributed by atoms with Crippen LogP contribution in [-0.4, -0.2) is 44.7 Å². The molecular weight excluding hydrogens is 372 g/mol. The van der Waals surface area contributed by atoms with Gasteiger partial charge in [0.15, 0.2) is 5.16 Å². The van der Waals surface area contributed by atoms with E-state index in [4.69, 9.17) is 4.42 Å². The van der Waals surface area contributed by atoms with Crippen LogP contribution in [0.4, 0.5) is 0 Å². The Hall–Kier alpha value is -1.73. The molecule has 3 heterocycles. The molecule has 2 aromatic heterocycles. The highest BCUT2D eigenvalue weighted by atomic mass is 32.2. The van der Waals surface area contributed by atoms with Gasteiger partial charge in [0.1, 0.15) is 5.76 Å². The van der Waals surface area contributed by atoms with Gasteiger partial charge in [0, 0.05) is 36.7 Å². The number of hydrogen-bond acceptors (Lipinski definition) is 5. The minimum atomic E-state index is 0.160. The van der Waals surface area contributed by atoms with E-state index in [-0.39, 0.29) is 11.8 Å². The largest absolute Gasteiger partial charge is 0.468 e. The molecule has 2 fully saturated rings. The van der Waals surface area contributed by atoms with Crippen molar-refractivity contribution in [2.24, 2.45) is 13.0 Å². The Kier molecular flexibility index (Phi) is 6.42. The van der Waals surface area contributed by atoms with Crippen LogP contribution in [0.2, 0.25) is 0 Å². The Bertz CT molecular complexity index is 744. The number of aryl methyl sites for hydroxylation is 1. The summed E-state index contributed by atoms with van der Waals surface area (Å²) in [4.78, 5) is 19.5. The molecule has 152 valence electrons. The fourth-order valence-electron chi connectivity index (χ4n) is 4.23. The van der Waals surface area contributed by atoms with E-state index in [1.165, 1.54) is 0 Å². The summed E-state index contributed by atoms with van der Waals surface area (Å²) in [7, 11) is 2.04. The average molecular weight is 403 g/mol. The van der Waals surface area contributed by atoms with Gasteiger partial charge in [-0.25, -0.2) is 4.98 Å². The minimum absolute atomic E-state index is 0.160. The molecule has 0 bridgehead atoms. The summed E-state index contributed by atoms with van der Waals surface area (Å²) in [6.07, 6.45) is 11.9. The molecule has 0 unspecified atom stereocenters. The number of likely N-dealkylation sites (tertiary alicyclic amines) is 1. The summed E-state index contributed by atoms with van der Waals surface area (Å²) < 4.78 is 7.51. The predicted octanol–water partition coefficient (Wildman–Crippen LogP) is 3.44. The third kappa shape index (κ3) is 5.00. The Morgan fingerprint density at radius 2 is 2.04 bits per heavy atom. The van der Waals surface area contributed by atoms with Crippen molar-refractivity contribution < 1.29 is 9.21 Å². The van der Waals surface area contributed by atoms with Crippen molar-refractivity contribution in [1.82, 2.24) is 19.8 Å². The molecule has 4 rings (SSSR count). The first-order chi connectivity index (χ1) is 13.7. The van der Waals surface area contributed by atoms with Crippen LogP contribution in [-0.2, 0) is 18.4 Å². The van der Waals surface area contributed by atoms with Crippen molar-refractivity contribution in [3.05, 3.63) is 36.5 Å². The zero-order valence-electron chi connectivity index (χ0n) is 16.5. The lowest BCUT2D eigenvalue weighted by molar-refractivity contribution is -0.127. The number of furan rings is 1. The van der Waals surface area contributed by atoms with Crippen molar-refractivity contribution in [2.75, 3.05) is 13.1 Å². The molecule has 1 saturated heterocycles. The lowest BCUT2D eigenvalue weighted by atomic mass is 9.92. The summed E-state index contributed by atoms with van der Waals surface area (Å²) in [5.74, 6) is 1.42. The molecule has 2 aliphatic rings. The number of nitrogens with zero attached hydrogens (tertiary/aromatic N) is 3. The Morgan fingerprint density at radius 3 is 2.68 bits per heavy atom. The Morgan fingerprint density at radius 1 is 1.25 bits per heavy atom. The molecule has 1 N–H and O–H groups in total. The molecule has 1 aliphatic carbocycles. The van der Waals surface area contributed by atoms with Gasteiger partial charge in [0.05, 0.1) is 12.8 Å². The summed E-state index contributed by atoms with van der Waals surface area (Å²) in [5, 5.41) is 5.04. The minimum Gasteiger partial charge on any atom is -0.468 e. The fraction of sp³-hybridized carbons (Fsp3) is 0.619. The number of hydrogen-bond donors (Lipinski definition) is 1. The van der Waals surface area contributed by atoms with Crippen molar-refractivity contribution >= 4 is 17.7 Å². The third-order valence-corrected chi connectivity index (χ3v) is 7.40. The van der Waals surface area contributed by atoms with Crippen molar-refractivity contribution in [1.29, 1.82) is 0 Å². The second-order valence-corrected chi connectivity index (χ2v) is 9.32. The fourth-order valence-corrected chi connectivity index (χ4v) is 5.39. The average Bonchev–Trinajstić information content (AvgIpc) is 3.36. The van der Waals surface area contributed by atoms with Crippen LogP contribution in [0.25, 0.3) is 0 Å². The molecule has 7 heteroatoms. The quantitative estimate of drug-likeness (QED) is 0.802. The van der Waals surface area contributed by atoms with Gasteiger partial charge in [-0.05, 0) is 63.7 Å². The van der Waals surface area contributed by atoms with Gasteiger partial charge in [-0.2, -0.15) is 0 Å². The molecule has 1 saturated carbocycles. The number of amides is 1. The van der Waals surface area contributed by atoms with E-state index < -0.39 is 0 Å². The summed E-state index contributed by atoms with van der Waals surface area (Å²) in [6, 6.07) is 4.28. The number of carbonyl (C=O) groups is 1. The van der Waals surface area contributed by atoms with Gasteiger partial charge in [-0.15, -0.1) is 0 Å². The molecule has 1 aliphatic heterocycles. The van der Waals surface area contributed by atoms with Crippen molar-refractivity contribution in [3.8, 4) is 0 Å². The lowest BCUT2D eigenvalue weighted by Crippen LogP contribution is -2.44. The summed E-state index contributed by atoms with van der Waals surface area (Å²) in [6.45, 7) is 2.77. The number of aromatic nitrogens is 2. The van der Waals surface area contributed by atoms with Gasteiger partial charge in [0.25, 0.3) is 0 Å². The molecule has 6 nitrogen and oxygen atoms in total. The van der Waals surface area contributed by atoms with Gasteiger partial charge in [-0.3, -0.25) is 9.69 Å². The van der Waals surface area contributed by atoms with Gasteiger partial charge in [-0.1, -0.05) is 11.8 Å². The topological polar surface area (TPSA) is 63.3 Å².